The molecule has 1 atom stereocenters. The Morgan fingerprint density at radius 1 is 0.978 bits per heavy atom. The summed E-state index contributed by atoms with van der Waals surface area (Å²) in [6, 6.07) is 23.2. The maximum Gasteiger partial charge on any atom is 0.341 e. The van der Waals surface area contributed by atoms with Crippen LogP contribution in [0.1, 0.15) is 60.9 Å². The van der Waals surface area contributed by atoms with Gasteiger partial charge in [0.05, 0.1) is 28.5 Å². The summed E-state index contributed by atoms with van der Waals surface area (Å²) in [5.74, 6) is -2.44. The SMILES string of the molecule is CCOC(=O)c1c(NC(=O)C(C)Sc2cccc(NC(=O)c3ccccc3C(=O)O)c2)sc2c1CCN(Cc1ccccc1)C2. The van der Waals surface area contributed by atoms with Crippen molar-refractivity contribution in [2.45, 2.75) is 43.5 Å². The van der Waals surface area contributed by atoms with Gasteiger partial charge in [0.1, 0.15) is 5.00 Å². The second-order valence-corrected chi connectivity index (χ2v) is 13.0. The number of fused-ring (bicyclic) bond motifs is 1. The molecule has 45 heavy (non-hydrogen) atoms. The summed E-state index contributed by atoms with van der Waals surface area (Å²) in [4.78, 5) is 54.9. The molecule has 2 heterocycles. The topological polar surface area (TPSA) is 125 Å². The maximum absolute atomic E-state index is 13.4. The Balaban J connectivity index is 1.27. The Morgan fingerprint density at radius 2 is 1.71 bits per heavy atom. The number of carboxylic acid groups (broad SMARTS) is 1. The van der Waals surface area contributed by atoms with Crippen molar-refractivity contribution in [3.63, 3.8) is 0 Å². The molecule has 4 aromatic rings. The first-order valence-corrected chi connectivity index (χ1v) is 16.2. The zero-order valence-corrected chi connectivity index (χ0v) is 26.5. The summed E-state index contributed by atoms with van der Waals surface area (Å²) >= 11 is 2.72. The van der Waals surface area contributed by atoms with Crippen molar-refractivity contribution >= 4 is 57.5 Å². The van der Waals surface area contributed by atoms with Crippen molar-refractivity contribution in [1.82, 2.24) is 4.90 Å². The molecule has 0 saturated heterocycles. The molecule has 2 amide bonds. The number of benzene rings is 3. The van der Waals surface area contributed by atoms with E-state index in [1.807, 2.05) is 24.3 Å². The van der Waals surface area contributed by atoms with E-state index in [2.05, 4.69) is 27.7 Å². The molecule has 1 aromatic heterocycles. The van der Waals surface area contributed by atoms with Gasteiger partial charge < -0.3 is 20.5 Å². The van der Waals surface area contributed by atoms with Crippen LogP contribution < -0.4 is 10.6 Å². The minimum Gasteiger partial charge on any atom is -0.478 e. The first-order valence-electron chi connectivity index (χ1n) is 14.5. The Hall–Kier alpha value is -4.45. The molecule has 0 fully saturated rings. The van der Waals surface area contributed by atoms with Gasteiger partial charge in [0.15, 0.2) is 0 Å². The van der Waals surface area contributed by atoms with E-state index in [9.17, 15) is 24.3 Å². The van der Waals surface area contributed by atoms with Crippen LogP contribution in [-0.4, -0.2) is 52.2 Å². The summed E-state index contributed by atoms with van der Waals surface area (Å²) in [6.45, 7) is 6.03. The minimum atomic E-state index is -1.19. The fourth-order valence-corrected chi connectivity index (χ4v) is 7.33. The van der Waals surface area contributed by atoms with Gasteiger partial charge in [-0.05, 0) is 61.7 Å². The highest BCUT2D eigenvalue weighted by atomic mass is 32.2. The number of aromatic carboxylic acids is 1. The minimum absolute atomic E-state index is 0.0510. The number of thioether (sulfide) groups is 1. The number of thiophene rings is 1. The highest BCUT2D eigenvalue weighted by Crippen LogP contribution is 2.39. The van der Waals surface area contributed by atoms with Crippen LogP contribution in [0.25, 0.3) is 0 Å². The molecule has 0 bridgehead atoms. The molecule has 1 aliphatic rings. The summed E-state index contributed by atoms with van der Waals surface area (Å²) < 4.78 is 5.38. The van der Waals surface area contributed by atoms with Crippen LogP contribution in [0.3, 0.4) is 0 Å². The Labute approximate surface area is 269 Å². The van der Waals surface area contributed by atoms with Gasteiger partial charge >= 0.3 is 11.9 Å². The second-order valence-electron chi connectivity index (χ2n) is 10.5. The van der Waals surface area contributed by atoms with Crippen LogP contribution in [0.15, 0.2) is 83.8 Å². The smallest absolute Gasteiger partial charge is 0.341 e. The lowest BCUT2D eigenvalue weighted by molar-refractivity contribution is -0.115. The zero-order valence-electron chi connectivity index (χ0n) is 24.9. The van der Waals surface area contributed by atoms with Gasteiger partial charge in [0.2, 0.25) is 5.91 Å². The van der Waals surface area contributed by atoms with Crippen molar-refractivity contribution in [2.75, 3.05) is 23.8 Å². The fourth-order valence-electron chi connectivity index (χ4n) is 5.12. The van der Waals surface area contributed by atoms with Crippen LogP contribution in [-0.2, 0) is 29.0 Å². The van der Waals surface area contributed by atoms with E-state index < -0.39 is 23.1 Å². The van der Waals surface area contributed by atoms with Crippen LogP contribution >= 0.6 is 23.1 Å². The number of carbonyl (C=O) groups is 4. The number of carboxylic acids is 1. The molecule has 3 aromatic carbocycles. The molecule has 11 heteroatoms. The maximum atomic E-state index is 13.4. The van der Waals surface area contributed by atoms with Gasteiger partial charge in [-0.2, -0.15) is 0 Å². The summed E-state index contributed by atoms with van der Waals surface area (Å²) in [5, 5.41) is 15.1. The van der Waals surface area contributed by atoms with E-state index >= 15 is 0 Å². The van der Waals surface area contributed by atoms with E-state index in [1.165, 1.54) is 40.8 Å². The number of nitrogens with one attached hydrogen (secondary N) is 2. The quantitative estimate of drug-likeness (QED) is 0.124. The predicted octanol–water partition coefficient (Wildman–Crippen LogP) is 6.55. The monoisotopic (exact) mass is 643 g/mol. The molecule has 0 aliphatic carbocycles. The van der Waals surface area contributed by atoms with E-state index in [0.29, 0.717) is 29.2 Å². The lowest BCUT2D eigenvalue weighted by Crippen LogP contribution is -2.30. The number of amides is 2. The third-order valence-corrected chi connectivity index (χ3v) is 9.50. The highest BCUT2D eigenvalue weighted by molar-refractivity contribution is 8.00. The molecule has 0 spiro atoms. The number of ether oxygens (including phenoxy) is 1. The third kappa shape index (κ3) is 7.80. The number of hydrogen-bond donors (Lipinski definition) is 3. The third-order valence-electron chi connectivity index (χ3n) is 7.28. The Bertz CT molecular complexity index is 1720. The van der Waals surface area contributed by atoms with Gasteiger partial charge in [-0.25, -0.2) is 9.59 Å². The number of hydrogen-bond acceptors (Lipinski definition) is 8. The van der Waals surface area contributed by atoms with Crippen LogP contribution in [0.5, 0.6) is 0 Å². The second kappa shape index (κ2) is 14.6. The van der Waals surface area contributed by atoms with E-state index in [0.717, 1.165) is 28.4 Å². The average molecular weight is 644 g/mol. The largest absolute Gasteiger partial charge is 0.478 e. The normalized spacial score (nSPS) is 13.4. The molecule has 0 saturated carbocycles. The number of esters is 1. The molecule has 0 radical (unpaired) electrons. The first kappa shape index (κ1) is 32.0. The summed E-state index contributed by atoms with van der Waals surface area (Å²) in [6.07, 6.45) is 0.683. The van der Waals surface area contributed by atoms with Gasteiger partial charge in [0, 0.05) is 35.1 Å². The number of carbonyl (C=O) groups excluding carboxylic acids is 3. The molecule has 5 rings (SSSR count). The fraction of sp³-hybridized carbons (Fsp3) is 0.235. The zero-order chi connectivity index (χ0) is 31.9. The standard InChI is InChI=1S/C34H33N3O6S2/c1-3-43-34(42)29-27-16-17-37(19-22-10-5-4-6-11-22)20-28(27)45-32(29)36-30(38)21(2)44-24-13-9-12-23(18-24)35-31(39)25-14-7-8-15-26(25)33(40)41/h4-15,18,21H,3,16-17,19-20H2,1-2H3,(H,35,39)(H,36,38)(H,40,41). The van der Waals surface area contributed by atoms with Gasteiger partial charge in [0.25, 0.3) is 5.91 Å². The Kier molecular flexibility index (Phi) is 10.3. The number of anilines is 2. The first-order chi connectivity index (χ1) is 21.7. The van der Waals surface area contributed by atoms with Crippen LogP contribution in [0.2, 0.25) is 0 Å². The molecular weight excluding hydrogens is 611 g/mol. The number of nitrogens with zero attached hydrogens (tertiary/aromatic N) is 1. The van der Waals surface area contributed by atoms with E-state index in [4.69, 9.17) is 4.74 Å². The van der Waals surface area contributed by atoms with Crippen molar-refractivity contribution in [2.24, 2.45) is 0 Å². The van der Waals surface area contributed by atoms with Crippen LogP contribution in [0, 0.1) is 0 Å². The highest BCUT2D eigenvalue weighted by Gasteiger charge is 2.30. The molecule has 9 nitrogen and oxygen atoms in total. The summed E-state index contributed by atoms with van der Waals surface area (Å²) in [7, 11) is 0. The van der Waals surface area contributed by atoms with Crippen molar-refractivity contribution in [1.29, 1.82) is 0 Å². The van der Waals surface area contributed by atoms with Gasteiger partial charge in [-0.15, -0.1) is 23.1 Å². The molecule has 3 N–H and O–H groups in total. The molecule has 1 unspecified atom stereocenters. The molecule has 232 valence electrons. The lowest BCUT2D eigenvalue weighted by atomic mass is 10.0. The Morgan fingerprint density at radius 3 is 2.44 bits per heavy atom. The van der Waals surface area contributed by atoms with Gasteiger partial charge in [-0.3, -0.25) is 14.5 Å². The van der Waals surface area contributed by atoms with Gasteiger partial charge in [-0.1, -0.05) is 48.5 Å². The van der Waals surface area contributed by atoms with E-state index in [1.54, 1.807) is 44.2 Å². The van der Waals surface area contributed by atoms with Crippen molar-refractivity contribution in [3.05, 3.63) is 112 Å². The van der Waals surface area contributed by atoms with E-state index in [-0.39, 0.29) is 23.6 Å². The summed E-state index contributed by atoms with van der Waals surface area (Å²) in [5.41, 5.74) is 3.02. The van der Waals surface area contributed by atoms with Crippen LogP contribution in [0.4, 0.5) is 10.7 Å². The lowest BCUT2D eigenvalue weighted by Gasteiger charge is -2.27. The number of rotatable bonds is 11. The molecular formula is C34H33N3O6S2. The average Bonchev–Trinajstić information content (AvgIpc) is 3.38. The van der Waals surface area contributed by atoms with Crippen molar-refractivity contribution < 1.29 is 29.0 Å². The molecule has 1 aliphatic heterocycles. The van der Waals surface area contributed by atoms with Crippen molar-refractivity contribution in [3.8, 4) is 0 Å². The predicted molar refractivity (Wildman–Crippen MR) is 176 cm³/mol.